The average molecular weight is 238 g/mol. The molecule has 0 spiro atoms. The molecular weight excluding hydrogens is 219 g/mol. The Bertz CT molecular complexity index is 410. The van der Waals surface area contributed by atoms with Crippen LogP contribution in [0.4, 0.5) is 10.1 Å². The lowest BCUT2D eigenvalue weighted by atomic mass is 9.92. The van der Waals surface area contributed by atoms with Crippen LogP contribution in [0.15, 0.2) is 18.2 Å². The zero-order valence-corrected chi connectivity index (χ0v) is 10.5. The van der Waals surface area contributed by atoms with Gasteiger partial charge < -0.3 is 11.1 Å². The number of nitrogen functional groups attached to an aromatic ring is 1. The van der Waals surface area contributed by atoms with E-state index >= 15 is 0 Å². The molecule has 3 nitrogen and oxygen atoms in total. The zero-order valence-electron chi connectivity index (χ0n) is 10.5. The van der Waals surface area contributed by atoms with Crippen LogP contribution in [0.2, 0.25) is 0 Å². The molecule has 0 unspecified atom stereocenters. The third-order valence-electron chi connectivity index (χ3n) is 2.42. The number of rotatable bonds is 3. The lowest BCUT2D eigenvalue weighted by molar-refractivity contribution is 0.0950. The summed E-state index contributed by atoms with van der Waals surface area (Å²) in [5, 5.41) is 2.74. The van der Waals surface area contributed by atoms with Crippen LogP contribution < -0.4 is 11.1 Å². The first-order valence-corrected chi connectivity index (χ1v) is 5.63. The van der Waals surface area contributed by atoms with Gasteiger partial charge in [0.25, 0.3) is 5.91 Å². The fourth-order valence-electron chi connectivity index (χ4n) is 1.37. The molecule has 17 heavy (non-hydrogen) atoms. The van der Waals surface area contributed by atoms with Gasteiger partial charge in [-0.25, -0.2) is 4.39 Å². The minimum Gasteiger partial charge on any atom is -0.398 e. The lowest BCUT2D eigenvalue weighted by Crippen LogP contribution is -2.28. The topological polar surface area (TPSA) is 55.1 Å². The third-order valence-corrected chi connectivity index (χ3v) is 2.42. The summed E-state index contributed by atoms with van der Waals surface area (Å²) in [6.45, 7) is 6.83. The number of benzene rings is 1. The molecule has 1 aromatic rings. The van der Waals surface area contributed by atoms with E-state index in [0.29, 0.717) is 12.2 Å². The molecule has 0 aliphatic heterocycles. The first-order valence-electron chi connectivity index (χ1n) is 5.63. The fourth-order valence-corrected chi connectivity index (χ4v) is 1.37. The molecule has 94 valence electrons. The average Bonchev–Trinajstić information content (AvgIpc) is 2.19. The third kappa shape index (κ3) is 4.43. The predicted molar refractivity (Wildman–Crippen MR) is 67.2 cm³/mol. The summed E-state index contributed by atoms with van der Waals surface area (Å²) in [7, 11) is 0. The van der Waals surface area contributed by atoms with E-state index in [9.17, 15) is 9.18 Å². The van der Waals surface area contributed by atoms with Crippen LogP contribution >= 0.6 is 0 Å². The number of nitrogens with two attached hydrogens (primary N) is 1. The second-order valence-corrected chi connectivity index (χ2v) is 5.30. The summed E-state index contributed by atoms with van der Waals surface area (Å²) < 4.78 is 13.0. The van der Waals surface area contributed by atoms with E-state index in [1.165, 1.54) is 12.1 Å². The Hall–Kier alpha value is -1.58. The van der Waals surface area contributed by atoms with E-state index < -0.39 is 5.82 Å². The molecular formula is C13H19FN2O. The van der Waals surface area contributed by atoms with Crippen molar-refractivity contribution in [2.75, 3.05) is 12.3 Å². The Balaban J connectivity index is 2.61. The van der Waals surface area contributed by atoms with E-state index in [4.69, 9.17) is 5.73 Å². The highest BCUT2D eigenvalue weighted by Crippen LogP contribution is 2.17. The predicted octanol–water partition coefficient (Wildman–Crippen LogP) is 2.57. The van der Waals surface area contributed by atoms with Crippen molar-refractivity contribution in [2.24, 2.45) is 5.41 Å². The molecule has 0 aromatic heterocycles. The van der Waals surface area contributed by atoms with Gasteiger partial charge in [-0.15, -0.1) is 0 Å². The molecule has 0 atom stereocenters. The molecule has 0 saturated heterocycles. The molecule has 0 radical (unpaired) electrons. The number of carbonyl (C=O) groups excluding carboxylic acids is 1. The molecule has 0 aliphatic rings. The number of amides is 1. The second-order valence-electron chi connectivity index (χ2n) is 5.30. The number of halogens is 1. The van der Waals surface area contributed by atoms with E-state index in [1.54, 1.807) is 0 Å². The van der Waals surface area contributed by atoms with Crippen LogP contribution in [0.3, 0.4) is 0 Å². The number of carbonyl (C=O) groups is 1. The summed E-state index contributed by atoms with van der Waals surface area (Å²) in [5.74, 6) is -0.786. The fraction of sp³-hybridized carbons (Fsp3) is 0.462. The van der Waals surface area contributed by atoms with Gasteiger partial charge in [-0.1, -0.05) is 20.8 Å². The van der Waals surface area contributed by atoms with Gasteiger partial charge in [0.15, 0.2) is 0 Å². The van der Waals surface area contributed by atoms with Crippen molar-refractivity contribution in [3.63, 3.8) is 0 Å². The SMILES string of the molecule is CC(C)(C)CCNC(=O)c1cc(F)ccc1N. The second kappa shape index (κ2) is 5.17. The van der Waals surface area contributed by atoms with Crippen LogP contribution in [0, 0.1) is 11.2 Å². The van der Waals surface area contributed by atoms with E-state index in [1.807, 2.05) is 0 Å². The minimum atomic E-state index is -0.458. The van der Waals surface area contributed by atoms with Gasteiger partial charge in [0, 0.05) is 12.2 Å². The summed E-state index contributed by atoms with van der Waals surface area (Å²) >= 11 is 0. The van der Waals surface area contributed by atoms with Gasteiger partial charge in [0.2, 0.25) is 0 Å². The number of nitrogens with one attached hydrogen (secondary N) is 1. The Labute approximate surface area is 101 Å². The standard InChI is InChI=1S/C13H19FN2O/c1-13(2,3)6-7-16-12(17)10-8-9(14)4-5-11(10)15/h4-5,8H,6-7,15H2,1-3H3,(H,16,17). The Morgan fingerprint density at radius 2 is 2.06 bits per heavy atom. The maximum Gasteiger partial charge on any atom is 0.253 e. The summed E-state index contributed by atoms with van der Waals surface area (Å²) in [6, 6.07) is 3.79. The van der Waals surface area contributed by atoms with Crippen LogP contribution in [-0.2, 0) is 0 Å². The molecule has 3 N–H and O–H groups in total. The van der Waals surface area contributed by atoms with Gasteiger partial charge in [-0.05, 0) is 30.0 Å². The van der Waals surface area contributed by atoms with Gasteiger partial charge >= 0.3 is 0 Å². The van der Waals surface area contributed by atoms with Crippen LogP contribution in [-0.4, -0.2) is 12.5 Å². The first kappa shape index (κ1) is 13.5. The van der Waals surface area contributed by atoms with Crippen LogP contribution in [0.25, 0.3) is 0 Å². The monoisotopic (exact) mass is 238 g/mol. The highest BCUT2D eigenvalue weighted by Gasteiger charge is 2.13. The molecule has 4 heteroatoms. The highest BCUT2D eigenvalue weighted by molar-refractivity contribution is 5.99. The van der Waals surface area contributed by atoms with Crippen molar-refractivity contribution in [3.05, 3.63) is 29.6 Å². The lowest BCUT2D eigenvalue weighted by Gasteiger charge is -2.18. The highest BCUT2D eigenvalue weighted by atomic mass is 19.1. The smallest absolute Gasteiger partial charge is 0.253 e. The van der Waals surface area contributed by atoms with Gasteiger partial charge in [-0.3, -0.25) is 4.79 Å². The number of hydrogen-bond acceptors (Lipinski definition) is 2. The van der Waals surface area contributed by atoms with Crippen LogP contribution in [0.1, 0.15) is 37.6 Å². The van der Waals surface area contributed by atoms with Gasteiger partial charge in [0.05, 0.1) is 5.56 Å². The Morgan fingerprint density at radius 3 is 2.65 bits per heavy atom. The number of anilines is 1. The van der Waals surface area contributed by atoms with Crippen molar-refractivity contribution in [3.8, 4) is 0 Å². The minimum absolute atomic E-state index is 0.154. The molecule has 0 fully saturated rings. The zero-order chi connectivity index (χ0) is 13.1. The van der Waals surface area contributed by atoms with Crippen molar-refractivity contribution in [1.29, 1.82) is 0 Å². The number of hydrogen-bond donors (Lipinski definition) is 2. The Morgan fingerprint density at radius 1 is 1.41 bits per heavy atom. The van der Waals surface area contributed by atoms with Crippen molar-refractivity contribution >= 4 is 11.6 Å². The first-order chi connectivity index (χ1) is 7.79. The quantitative estimate of drug-likeness (QED) is 0.795. The van der Waals surface area contributed by atoms with Gasteiger partial charge in [0.1, 0.15) is 5.82 Å². The normalized spacial score (nSPS) is 11.3. The van der Waals surface area contributed by atoms with Gasteiger partial charge in [-0.2, -0.15) is 0 Å². The summed E-state index contributed by atoms with van der Waals surface area (Å²) in [5.41, 5.74) is 6.26. The maximum absolute atomic E-state index is 13.0. The van der Waals surface area contributed by atoms with E-state index in [0.717, 1.165) is 12.5 Å². The largest absolute Gasteiger partial charge is 0.398 e. The molecule has 0 saturated carbocycles. The van der Waals surface area contributed by atoms with Crippen LogP contribution in [0.5, 0.6) is 0 Å². The molecule has 1 aromatic carbocycles. The molecule has 0 aliphatic carbocycles. The summed E-state index contributed by atoms with van der Waals surface area (Å²) in [6.07, 6.45) is 0.855. The van der Waals surface area contributed by atoms with Crippen molar-refractivity contribution < 1.29 is 9.18 Å². The molecule has 0 bridgehead atoms. The van der Waals surface area contributed by atoms with E-state index in [2.05, 4.69) is 26.1 Å². The summed E-state index contributed by atoms with van der Waals surface area (Å²) in [4.78, 5) is 11.7. The molecule has 1 amide bonds. The van der Waals surface area contributed by atoms with E-state index in [-0.39, 0.29) is 16.9 Å². The van der Waals surface area contributed by atoms with Crippen molar-refractivity contribution in [2.45, 2.75) is 27.2 Å². The Kier molecular flexibility index (Phi) is 4.10. The van der Waals surface area contributed by atoms with Crippen molar-refractivity contribution in [1.82, 2.24) is 5.32 Å². The molecule has 0 heterocycles. The maximum atomic E-state index is 13.0. The molecule has 1 rings (SSSR count).